The molecular formula is C11H9F5O2. The van der Waals surface area contributed by atoms with E-state index in [2.05, 4.69) is 0 Å². The summed E-state index contributed by atoms with van der Waals surface area (Å²) in [6, 6.07) is 0. The minimum atomic E-state index is -2.20. The Morgan fingerprint density at radius 3 is 1.39 bits per heavy atom. The fourth-order valence-electron chi connectivity index (χ4n) is 1.61. The van der Waals surface area contributed by atoms with Crippen LogP contribution in [-0.2, 0) is 9.47 Å². The molecule has 0 N–H and O–H groups in total. The normalized spacial score (nSPS) is 24.8. The number of ether oxygens (including phenoxy) is 2. The molecule has 0 saturated carbocycles. The summed E-state index contributed by atoms with van der Waals surface area (Å²) in [4.78, 5) is 0. The van der Waals surface area contributed by atoms with E-state index in [0.717, 1.165) is 0 Å². The van der Waals surface area contributed by atoms with E-state index in [0.29, 0.717) is 0 Å². The zero-order valence-electron chi connectivity index (χ0n) is 9.44. The average Bonchev–Trinajstić information content (AvgIpc) is 2.64. The summed E-state index contributed by atoms with van der Waals surface area (Å²) >= 11 is 0. The van der Waals surface area contributed by atoms with Crippen molar-refractivity contribution in [3.8, 4) is 0 Å². The first kappa shape index (κ1) is 13.2. The maximum atomic E-state index is 13.4. The van der Waals surface area contributed by atoms with Crippen molar-refractivity contribution in [3.63, 3.8) is 0 Å². The lowest BCUT2D eigenvalue weighted by atomic mass is 10.1. The molecule has 18 heavy (non-hydrogen) atoms. The molecule has 0 spiro atoms. The summed E-state index contributed by atoms with van der Waals surface area (Å²) in [5.41, 5.74) is -1.09. The summed E-state index contributed by atoms with van der Waals surface area (Å²) < 4.78 is 75.7. The van der Waals surface area contributed by atoms with Crippen molar-refractivity contribution in [2.24, 2.45) is 0 Å². The molecule has 1 aromatic carbocycles. The monoisotopic (exact) mass is 268 g/mol. The van der Waals surface area contributed by atoms with Gasteiger partial charge in [-0.05, 0) is 13.8 Å². The zero-order valence-corrected chi connectivity index (χ0v) is 9.44. The lowest BCUT2D eigenvalue weighted by Gasteiger charge is -2.13. The average molecular weight is 268 g/mol. The maximum absolute atomic E-state index is 13.4. The second-order valence-corrected chi connectivity index (χ2v) is 4.00. The molecule has 100 valence electrons. The van der Waals surface area contributed by atoms with Crippen molar-refractivity contribution < 1.29 is 31.4 Å². The third kappa shape index (κ3) is 1.87. The van der Waals surface area contributed by atoms with Crippen molar-refractivity contribution in [2.45, 2.75) is 32.3 Å². The Labute approximate surface area is 99.3 Å². The fourth-order valence-corrected chi connectivity index (χ4v) is 1.61. The van der Waals surface area contributed by atoms with Gasteiger partial charge in [-0.2, -0.15) is 0 Å². The first-order valence-electron chi connectivity index (χ1n) is 5.16. The van der Waals surface area contributed by atoms with E-state index in [9.17, 15) is 22.0 Å². The molecule has 0 aliphatic carbocycles. The first-order valence-corrected chi connectivity index (χ1v) is 5.16. The van der Waals surface area contributed by atoms with Crippen LogP contribution in [-0.4, -0.2) is 12.2 Å². The molecule has 0 amide bonds. The Morgan fingerprint density at radius 1 is 0.667 bits per heavy atom. The predicted molar refractivity (Wildman–Crippen MR) is 50.1 cm³/mol. The molecule has 0 bridgehead atoms. The number of halogens is 5. The number of hydrogen-bond acceptors (Lipinski definition) is 2. The molecule has 2 nitrogen and oxygen atoms in total. The smallest absolute Gasteiger partial charge is 0.200 e. The summed E-state index contributed by atoms with van der Waals surface area (Å²) in [5.74, 6) is -10.1. The van der Waals surface area contributed by atoms with E-state index >= 15 is 0 Å². The second-order valence-electron chi connectivity index (χ2n) is 4.00. The fraction of sp³-hybridized carbons (Fsp3) is 0.455. The Bertz CT molecular complexity index is 452. The second kappa shape index (κ2) is 4.47. The van der Waals surface area contributed by atoms with Crippen LogP contribution in [0.25, 0.3) is 0 Å². The summed E-state index contributed by atoms with van der Waals surface area (Å²) in [6.45, 7) is 3.13. The van der Waals surface area contributed by atoms with E-state index in [-0.39, 0.29) is 0 Å². The minimum Gasteiger partial charge on any atom is -0.342 e. The molecule has 1 fully saturated rings. The molecule has 1 aliphatic heterocycles. The Morgan fingerprint density at radius 2 is 1.00 bits per heavy atom. The van der Waals surface area contributed by atoms with E-state index in [1.165, 1.54) is 0 Å². The Hall–Kier alpha value is -1.21. The van der Waals surface area contributed by atoms with Crippen LogP contribution in [0, 0.1) is 29.1 Å². The van der Waals surface area contributed by atoms with Crippen molar-refractivity contribution in [3.05, 3.63) is 34.6 Å². The summed E-state index contributed by atoms with van der Waals surface area (Å²) in [7, 11) is 0. The molecule has 1 saturated heterocycles. The first-order chi connectivity index (χ1) is 8.34. The van der Waals surface area contributed by atoms with E-state index < -0.39 is 53.1 Å². The molecule has 0 radical (unpaired) electrons. The van der Waals surface area contributed by atoms with Gasteiger partial charge in [0, 0.05) is 0 Å². The van der Waals surface area contributed by atoms with Crippen molar-refractivity contribution in [2.75, 3.05) is 0 Å². The van der Waals surface area contributed by atoms with Crippen LogP contribution in [0.5, 0.6) is 0 Å². The van der Waals surface area contributed by atoms with Crippen LogP contribution >= 0.6 is 0 Å². The lowest BCUT2D eigenvalue weighted by molar-refractivity contribution is -0.0706. The number of rotatable bonds is 1. The lowest BCUT2D eigenvalue weighted by Crippen LogP contribution is -2.13. The van der Waals surface area contributed by atoms with Gasteiger partial charge in [0.15, 0.2) is 29.6 Å². The van der Waals surface area contributed by atoms with Gasteiger partial charge in [0.25, 0.3) is 0 Å². The molecule has 2 atom stereocenters. The summed E-state index contributed by atoms with van der Waals surface area (Å²) in [6.07, 6.45) is -2.62. The van der Waals surface area contributed by atoms with Crippen LogP contribution < -0.4 is 0 Å². The molecule has 7 heteroatoms. The van der Waals surface area contributed by atoms with Crippen LogP contribution in [0.3, 0.4) is 0 Å². The molecule has 2 rings (SSSR count). The SMILES string of the molecule is C[C@H]1OC(c2c(F)c(F)c(F)c(F)c2F)O[C@@H]1C. The molecule has 1 aromatic rings. The van der Waals surface area contributed by atoms with Crippen molar-refractivity contribution >= 4 is 0 Å². The van der Waals surface area contributed by atoms with Crippen LogP contribution in [0.15, 0.2) is 0 Å². The van der Waals surface area contributed by atoms with Gasteiger partial charge in [0.1, 0.15) is 0 Å². The Balaban J connectivity index is 2.52. The number of benzene rings is 1. The van der Waals surface area contributed by atoms with Gasteiger partial charge in [0.2, 0.25) is 5.82 Å². The van der Waals surface area contributed by atoms with Crippen LogP contribution in [0.2, 0.25) is 0 Å². The van der Waals surface area contributed by atoms with Gasteiger partial charge in [-0.25, -0.2) is 22.0 Å². The molecular weight excluding hydrogens is 259 g/mol. The Kier molecular flexibility index (Phi) is 3.29. The molecule has 1 heterocycles. The van der Waals surface area contributed by atoms with Gasteiger partial charge >= 0.3 is 0 Å². The van der Waals surface area contributed by atoms with E-state index in [1.807, 2.05) is 0 Å². The van der Waals surface area contributed by atoms with Crippen molar-refractivity contribution in [1.82, 2.24) is 0 Å². The maximum Gasteiger partial charge on any atom is 0.200 e. The highest BCUT2D eigenvalue weighted by atomic mass is 19.2. The predicted octanol–water partition coefficient (Wildman–Crippen LogP) is 3.20. The van der Waals surface area contributed by atoms with Gasteiger partial charge in [-0.1, -0.05) is 0 Å². The van der Waals surface area contributed by atoms with Crippen LogP contribution in [0.1, 0.15) is 25.7 Å². The minimum absolute atomic E-state index is 0.509. The zero-order chi connectivity index (χ0) is 13.6. The summed E-state index contributed by atoms with van der Waals surface area (Å²) in [5, 5.41) is 0. The molecule has 1 aliphatic rings. The quantitative estimate of drug-likeness (QED) is 0.442. The largest absolute Gasteiger partial charge is 0.342 e. The van der Waals surface area contributed by atoms with E-state index in [1.54, 1.807) is 13.8 Å². The molecule has 0 aromatic heterocycles. The number of hydrogen-bond donors (Lipinski definition) is 0. The highest BCUT2D eigenvalue weighted by molar-refractivity contribution is 5.25. The van der Waals surface area contributed by atoms with E-state index in [4.69, 9.17) is 9.47 Å². The van der Waals surface area contributed by atoms with Gasteiger partial charge in [-0.3, -0.25) is 0 Å². The van der Waals surface area contributed by atoms with Crippen LogP contribution in [0.4, 0.5) is 22.0 Å². The van der Waals surface area contributed by atoms with Gasteiger partial charge in [0.05, 0.1) is 17.8 Å². The topological polar surface area (TPSA) is 18.5 Å². The van der Waals surface area contributed by atoms with Gasteiger partial charge < -0.3 is 9.47 Å². The third-order valence-corrected chi connectivity index (χ3v) is 2.82. The van der Waals surface area contributed by atoms with Crippen molar-refractivity contribution in [1.29, 1.82) is 0 Å². The molecule has 0 unspecified atom stereocenters. The third-order valence-electron chi connectivity index (χ3n) is 2.82. The highest BCUT2D eigenvalue weighted by Crippen LogP contribution is 2.36. The van der Waals surface area contributed by atoms with Gasteiger partial charge in [-0.15, -0.1) is 0 Å². The standard InChI is InChI=1S/C11H9F5O2/c1-3-4(2)18-11(17-3)5-6(12)8(14)10(16)9(15)7(5)13/h3-4,11H,1-2H3/t3-,4-/m1/s1. The highest BCUT2D eigenvalue weighted by Gasteiger charge is 2.38.